The summed E-state index contributed by atoms with van der Waals surface area (Å²) >= 11 is 1.44. The van der Waals surface area contributed by atoms with E-state index in [-0.39, 0.29) is 11.8 Å². The first kappa shape index (κ1) is 21.4. The number of aryl methyl sites for hydroxylation is 3. The summed E-state index contributed by atoms with van der Waals surface area (Å²) in [6, 6.07) is 7.85. The number of thiophene rings is 1. The Morgan fingerprint density at radius 3 is 2.06 bits per heavy atom. The predicted molar refractivity (Wildman–Crippen MR) is 124 cm³/mol. The molecule has 2 aromatic heterocycles. The number of carbonyl (C=O) groups is 2. The van der Waals surface area contributed by atoms with Crippen LogP contribution in [0.15, 0.2) is 24.3 Å². The molecule has 3 aromatic rings. The number of amides is 2. The molecule has 0 spiro atoms. The quantitative estimate of drug-likeness (QED) is 0.613. The summed E-state index contributed by atoms with van der Waals surface area (Å²) < 4.78 is 0. The molecule has 6 nitrogen and oxygen atoms in total. The molecule has 3 heterocycles. The first-order valence-corrected chi connectivity index (χ1v) is 11.5. The average Bonchev–Trinajstić information content (AvgIpc) is 3.09. The molecule has 0 bridgehead atoms. The van der Waals surface area contributed by atoms with Crippen LogP contribution in [0.5, 0.6) is 0 Å². The third-order valence-corrected chi connectivity index (χ3v) is 7.13. The minimum absolute atomic E-state index is 0.0194. The van der Waals surface area contributed by atoms with Gasteiger partial charge in [0.2, 0.25) is 0 Å². The predicted octanol–water partition coefficient (Wildman–Crippen LogP) is 4.34. The molecule has 0 unspecified atom stereocenters. The number of rotatable bonds is 3. The maximum atomic E-state index is 13.2. The Labute approximate surface area is 186 Å². The fourth-order valence-corrected chi connectivity index (χ4v) is 5.37. The van der Waals surface area contributed by atoms with E-state index in [0.29, 0.717) is 37.7 Å². The van der Waals surface area contributed by atoms with E-state index < -0.39 is 0 Å². The maximum absolute atomic E-state index is 13.2. The van der Waals surface area contributed by atoms with Crippen LogP contribution in [-0.2, 0) is 0 Å². The van der Waals surface area contributed by atoms with Crippen molar-refractivity contribution in [3.63, 3.8) is 0 Å². The van der Waals surface area contributed by atoms with Crippen LogP contribution in [-0.4, -0.2) is 57.8 Å². The minimum Gasteiger partial charge on any atom is -0.335 e. The van der Waals surface area contributed by atoms with Gasteiger partial charge in [-0.1, -0.05) is 26.0 Å². The number of carbonyl (C=O) groups excluding carboxylic acids is 2. The lowest BCUT2D eigenvalue weighted by molar-refractivity contribution is 0.0537. The lowest BCUT2D eigenvalue weighted by Crippen LogP contribution is -2.50. The Bertz CT molecular complexity index is 1140. The highest BCUT2D eigenvalue weighted by Crippen LogP contribution is 2.32. The summed E-state index contributed by atoms with van der Waals surface area (Å²) in [6.45, 7) is 12.2. The number of aromatic nitrogens is 2. The van der Waals surface area contributed by atoms with E-state index in [1.54, 1.807) is 0 Å². The number of piperazine rings is 1. The Morgan fingerprint density at radius 1 is 0.903 bits per heavy atom. The van der Waals surface area contributed by atoms with Crippen molar-refractivity contribution < 1.29 is 9.59 Å². The smallest absolute Gasteiger partial charge is 0.264 e. The third kappa shape index (κ3) is 4.06. The van der Waals surface area contributed by atoms with Crippen molar-refractivity contribution in [2.75, 3.05) is 26.2 Å². The molecule has 0 radical (unpaired) electrons. The molecule has 2 amide bonds. The number of benzene rings is 1. The van der Waals surface area contributed by atoms with E-state index in [2.05, 4.69) is 23.8 Å². The van der Waals surface area contributed by atoms with Gasteiger partial charge in [0.25, 0.3) is 11.8 Å². The summed E-state index contributed by atoms with van der Waals surface area (Å²) in [7, 11) is 0. The van der Waals surface area contributed by atoms with Crippen LogP contribution in [0.2, 0.25) is 0 Å². The second kappa shape index (κ2) is 8.38. The van der Waals surface area contributed by atoms with E-state index in [0.717, 1.165) is 32.2 Å². The number of nitrogens with zero attached hydrogens (tertiary/aromatic N) is 4. The monoisotopic (exact) mass is 436 g/mol. The SMILES string of the molecule is Cc1nc(C)c2c(C)c(C(=O)N3CCN(C(=O)c4ccc(C(C)C)cc4)CC3)sc2n1. The molecular weight excluding hydrogens is 408 g/mol. The topological polar surface area (TPSA) is 66.4 Å². The van der Waals surface area contributed by atoms with E-state index in [9.17, 15) is 9.59 Å². The Kier molecular flexibility index (Phi) is 5.79. The Balaban J connectivity index is 1.45. The highest BCUT2D eigenvalue weighted by atomic mass is 32.1. The van der Waals surface area contributed by atoms with Gasteiger partial charge in [-0.15, -0.1) is 11.3 Å². The van der Waals surface area contributed by atoms with Gasteiger partial charge >= 0.3 is 0 Å². The molecule has 0 aliphatic carbocycles. The van der Waals surface area contributed by atoms with Crippen LogP contribution in [0.4, 0.5) is 0 Å². The second-order valence-corrected chi connectivity index (χ2v) is 9.45. The fourth-order valence-electron chi connectivity index (χ4n) is 4.13. The molecule has 1 aliphatic heterocycles. The van der Waals surface area contributed by atoms with Crippen molar-refractivity contribution in [1.29, 1.82) is 0 Å². The van der Waals surface area contributed by atoms with E-state index in [1.807, 2.05) is 54.8 Å². The summed E-state index contributed by atoms with van der Waals surface area (Å²) in [6.07, 6.45) is 0. The molecule has 4 rings (SSSR count). The van der Waals surface area contributed by atoms with E-state index in [1.165, 1.54) is 16.9 Å². The van der Waals surface area contributed by atoms with Gasteiger partial charge in [0.15, 0.2) is 0 Å². The van der Waals surface area contributed by atoms with Gasteiger partial charge in [-0.25, -0.2) is 9.97 Å². The largest absolute Gasteiger partial charge is 0.335 e. The molecule has 1 aromatic carbocycles. The third-order valence-electron chi connectivity index (χ3n) is 5.96. The van der Waals surface area contributed by atoms with Crippen molar-refractivity contribution >= 4 is 33.4 Å². The maximum Gasteiger partial charge on any atom is 0.264 e. The summed E-state index contributed by atoms with van der Waals surface area (Å²) in [5, 5.41) is 0.984. The van der Waals surface area contributed by atoms with Gasteiger partial charge < -0.3 is 9.80 Å². The summed E-state index contributed by atoms with van der Waals surface area (Å²) in [4.78, 5) is 40.3. The number of hydrogen-bond donors (Lipinski definition) is 0. The van der Waals surface area contributed by atoms with Gasteiger partial charge in [-0.05, 0) is 49.9 Å². The normalized spacial score (nSPS) is 14.5. The second-order valence-electron chi connectivity index (χ2n) is 8.45. The zero-order valence-corrected chi connectivity index (χ0v) is 19.5. The van der Waals surface area contributed by atoms with Crippen molar-refractivity contribution in [3.8, 4) is 0 Å². The molecular formula is C24H28N4O2S. The van der Waals surface area contributed by atoms with Gasteiger partial charge in [-0.3, -0.25) is 9.59 Å². The highest BCUT2D eigenvalue weighted by molar-refractivity contribution is 7.20. The molecule has 31 heavy (non-hydrogen) atoms. The standard InChI is InChI=1S/C24H28N4O2S/c1-14(2)18-6-8-19(9-7-18)23(29)27-10-12-28(13-11-27)24(30)21-15(3)20-16(4)25-17(5)26-22(20)31-21/h6-9,14H,10-13H2,1-5H3. The lowest BCUT2D eigenvalue weighted by Gasteiger charge is -2.34. The van der Waals surface area contributed by atoms with Crippen LogP contribution in [0.3, 0.4) is 0 Å². The van der Waals surface area contributed by atoms with Crippen LogP contribution >= 0.6 is 11.3 Å². The Hall–Kier alpha value is -2.80. The van der Waals surface area contributed by atoms with Gasteiger partial charge in [0.1, 0.15) is 10.7 Å². The van der Waals surface area contributed by atoms with Crippen molar-refractivity contribution in [2.45, 2.75) is 40.5 Å². The molecule has 1 saturated heterocycles. The van der Waals surface area contributed by atoms with Crippen LogP contribution in [0.25, 0.3) is 10.2 Å². The van der Waals surface area contributed by atoms with Crippen molar-refractivity contribution in [1.82, 2.24) is 19.8 Å². The molecule has 1 aliphatic rings. The zero-order chi connectivity index (χ0) is 22.3. The molecule has 0 N–H and O–H groups in total. The minimum atomic E-state index is 0.0194. The zero-order valence-electron chi connectivity index (χ0n) is 18.7. The van der Waals surface area contributed by atoms with Crippen molar-refractivity contribution in [2.24, 2.45) is 0 Å². The van der Waals surface area contributed by atoms with Crippen molar-refractivity contribution in [3.05, 3.63) is 57.4 Å². The van der Waals surface area contributed by atoms with Gasteiger partial charge in [0, 0.05) is 42.8 Å². The average molecular weight is 437 g/mol. The van der Waals surface area contributed by atoms with Gasteiger partial charge in [0.05, 0.1) is 4.88 Å². The number of hydrogen-bond acceptors (Lipinski definition) is 5. The fraction of sp³-hybridized carbons (Fsp3) is 0.417. The first-order chi connectivity index (χ1) is 14.8. The summed E-state index contributed by atoms with van der Waals surface area (Å²) in [5.74, 6) is 1.21. The highest BCUT2D eigenvalue weighted by Gasteiger charge is 2.28. The molecule has 0 saturated carbocycles. The van der Waals surface area contributed by atoms with E-state index >= 15 is 0 Å². The van der Waals surface area contributed by atoms with Crippen LogP contribution < -0.4 is 0 Å². The van der Waals surface area contributed by atoms with Crippen LogP contribution in [0, 0.1) is 20.8 Å². The molecule has 7 heteroatoms. The molecule has 162 valence electrons. The van der Waals surface area contributed by atoms with Gasteiger partial charge in [-0.2, -0.15) is 0 Å². The van der Waals surface area contributed by atoms with Crippen LogP contribution in [0.1, 0.15) is 62.4 Å². The lowest BCUT2D eigenvalue weighted by atomic mass is 10.0. The van der Waals surface area contributed by atoms with E-state index in [4.69, 9.17) is 0 Å². The Morgan fingerprint density at radius 2 is 1.48 bits per heavy atom. The first-order valence-electron chi connectivity index (χ1n) is 10.7. The number of fused-ring (bicyclic) bond motifs is 1. The summed E-state index contributed by atoms with van der Waals surface area (Å²) in [5.41, 5.74) is 3.79. The molecule has 0 atom stereocenters. The molecule has 1 fully saturated rings.